The fourth-order valence-corrected chi connectivity index (χ4v) is 5.00. The van der Waals surface area contributed by atoms with Gasteiger partial charge in [0.15, 0.2) is 5.65 Å². The molecule has 1 fully saturated rings. The lowest BCUT2D eigenvalue weighted by Gasteiger charge is -2.33. The minimum atomic E-state index is -3.78. The predicted molar refractivity (Wildman–Crippen MR) is 112 cm³/mol. The molecule has 0 spiro atoms. The molecule has 1 atom stereocenters. The molecule has 158 valence electrons. The van der Waals surface area contributed by atoms with Gasteiger partial charge in [0.2, 0.25) is 0 Å². The van der Waals surface area contributed by atoms with Crippen LogP contribution in [-0.2, 0) is 14.8 Å². The van der Waals surface area contributed by atoms with E-state index in [4.69, 9.17) is 4.74 Å². The SMILES string of the molecule is COC(=O)NC1CCCN(c2ncnc3c2ccn3S(=O)(=O)c2ccc(C)cc2)C1. The Morgan fingerprint density at radius 2 is 1.97 bits per heavy atom. The number of benzene rings is 1. The molecule has 10 heteroatoms. The topological polar surface area (TPSA) is 106 Å². The normalized spacial score (nSPS) is 17.1. The van der Waals surface area contributed by atoms with Gasteiger partial charge in [-0.2, -0.15) is 0 Å². The standard InChI is InChI=1S/C20H23N5O4S/c1-14-5-7-16(8-6-14)30(27,28)25-11-9-17-18(21-13-22-19(17)25)24-10-3-4-15(12-24)23-20(26)29-2/h5-9,11,13,15H,3-4,10,12H2,1-2H3,(H,23,26). The molecule has 1 amide bonds. The number of aryl methyl sites for hydroxylation is 1. The van der Waals surface area contributed by atoms with Crippen molar-refractivity contribution in [1.82, 2.24) is 19.3 Å². The Kier molecular flexibility index (Phi) is 5.33. The number of methoxy groups -OCH3 is 1. The number of alkyl carbamates (subject to hydrolysis) is 1. The average molecular weight is 430 g/mol. The molecule has 1 N–H and O–H groups in total. The molecule has 3 heterocycles. The molecule has 30 heavy (non-hydrogen) atoms. The maximum absolute atomic E-state index is 13.1. The summed E-state index contributed by atoms with van der Waals surface area (Å²) in [5.74, 6) is 0.647. The van der Waals surface area contributed by atoms with Crippen molar-refractivity contribution in [2.24, 2.45) is 0 Å². The lowest BCUT2D eigenvalue weighted by molar-refractivity contribution is 0.165. The Hall–Kier alpha value is -3.14. The molecule has 3 aromatic rings. The van der Waals surface area contributed by atoms with Gasteiger partial charge in [-0.1, -0.05) is 17.7 Å². The molecule has 2 aromatic heterocycles. The Balaban J connectivity index is 1.69. The van der Waals surface area contributed by atoms with Crippen molar-refractivity contribution in [3.8, 4) is 0 Å². The van der Waals surface area contributed by atoms with E-state index in [1.807, 2.05) is 11.8 Å². The van der Waals surface area contributed by atoms with Crippen molar-refractivity contribution in [3.05, 3.63) is 48.4 Å². The van der Waals surface area contributed by atoms with E-state index < -0.39 is 16.1 Å². The van der Waals surface area contributed by atoms with Crippen LogP contribution in [0, 0.1) is 6.92 Å². The van der Waals surface area contributed by atoms with Gasteiger partial charge in [-0.3, -0.25) is 0 Å². The smallest absolute Gasteiger partial charge is 0.407 e. The lowest BCUT2D eigenvalue weighted by Crippen LogP contribution is -2.48. The van der Waals surface area contributed by atoms with Crippen LogP contribution in [0.5, 0.6) is 0 Å². The minimum Gasteiger partial charge on any atom is -0.453 e. The second-order valence-electron chi connectivity index (χ2n) is 7.29. The lowest BCUT2D eigenvalue weighted by atomic mass is 10.1. The number of hydrogen-bond donors (Lipinski definition) is 1. The minimum absolute atomic E-state index is 0.0745. The van der Waals surface area contributed by atoms with Crippen LogP contribution in [0.4, 0.5) is 10.6 Å². The van der Waals surface area contributed by atoms with Crippen LogP contribution in [0.3, 0.4) is 0 Å². The first-order chi connectivity index (χ1) is 14.4. The van der Waals surface area contributed by atoms with Gasteiger partial charge in [-0.05, 0) is 38.0 Å². The number of carbonyl (C=O) groups is 1. The predicted octanol–water partition coefficient (Wildman–Crippen LogP) is 2.30. The summed E-state index contributed by atoms with van der Waals surface area (Å²) in [4.78, 5) is 22.4. The Morgan fingerprint density at radius 3 is 2.70 bits per heavy atom. The molecule has 4 rings (SSSR count). The van der Waals surface area contributed by atoms with Crippen molar-refractivity contribution < 1.29 is 17.9 Å². The molecule has 1 saturated heterocycles. The average Bonchev–Trinajstić information content (AvgIpc) is 3.19. The van der Waals surface area contributed by atoms with Crippen molar-refractivity contribution in [1.29, 1.82) is 0 Å². The van der Waals surface area contributed by atoms with E-state index in [0.717, 1.165) is 24.9 Å². The highest BCUT2D eigenvalue weighted by atomic mass is 32.2. The number of hydrogen-bond acceptors (Lipinski definition) is 7. The summed E-state index contributed by atoms with van der Waals surface area (Å²) in [7, 11) is -2.45. The van der Waals surface area contributed by atoms with Crippen LogP contribution in [-0.4, -0.2) is 54.7 Å². The summed E-state index contributed by atoms with van der Waals surface area (Å²) in [6, 6.07) is 8.35. The second-order valence-corrected chi connectivity index (χ2v) is 9.10. The van der Waals surface area contributed by atoms with E-state index >= 15 is 0 Å². The van der Waals surface area contributed by atoms with Crippen molar-refractivity contribution >= 4 is 33.0 Å². The maximum atomic E-state index is 13.1. The number of aromatic nitrogens is 3. The van der Waals surface area contributed by atoms with Gasteiger partial charge < -0.3 is 15.0 Å². The number of nitrogens with one attached hydrogen (secondary N) is 1. The van der Waals surface area contributed by atoms with Gasteiger partial charge in [0.25, 0.3) is 10.0 Å². The van der Waals surface area contributed by atoms with Crippen LogP contribution in [0.25, 0.3) is 11.0 Å². The van der Waals surface area contributed by atoms with Gasteiger partial charge in [-0.15, -0.1) is 0 Å². The molecule has 0 saturated carbocycles. The quantitative estimate of drug-likeness (QED) is 0.678. The summed E-state index contributed by atoms with van der Waals surface area (Å²) in [6.07, 6.45) is 4.11. The van der Waals surface area contributed by atoms with Crippen LogP contribution in [0.15, 0.2) is 47.8 Å². The molecular weight excluding hydrogens is 406 g/mol. The van der Waals surface area contributed by atoms with Gasteiger partial charge in [-0.25, -0.2) is 27.2 Å². The molecular formula is C20H23N5O4S. The maximum Gasteiger partial charge on any atom is 0.407 e. The van der Waals surface area contributed by atoms with Gasteiger partial charge >= 0.3 is 6.09 Å². The van der Waals surface area contributed by atoms with E-state index in [2.05, 4.69) is 15.3 Å². The van der Waals surface area contributed by atoms with Crippen LogP contribution >= 0.6 is 0 Å². The highest BCUT2D eigenvalue weighted by Crippen LogP contribution is 2.28. The Morgan fingerprint density at radius 1 is 1.20 bits per heavy atom. The first-order valence-electron chi connectivity index (χ1n) is 9.64. The number of nitrogens with zero attached hydrogens (tertiary/aromatic N) is 4. The molecule has 9 nitrogen and oxygen atoms in total. The summed E-state index contributed by atoms with van der Waals surface area (Å²) in [5, 5.41) is 3.47. The number of carbonyl (C=O) groups excluding carboxylic acids is 1. The van der Waals surface area contributed by atoms with Crippen molar-refractivity contribution in [2.75, 3.05) is 25.1 Å². The highest BCUT2D eigenvalue weighted by Gasteiger charge is 2.26. The third-order valence-electron chi connectivity index (χ3n) is 5.23. The van der Waals surface area contributed by atoms with Gasteiger partial charge in [0, 0.05) is 25.3 Å². The summed E-state index contributed by atoms with van der Waals surface area (Å²) < 4.78 is 32.2. The zero-order chi connectivity index (χ0) is 21.3. The highest BCUT2D eigenvalue weighted by molar-refractivity contribution is 7.90. The first kappa shape index (κ1) is 20.1. The first-order valence-corrected chi connectivity index (χ1v) is 11.1. The van der Waals surface area contributed by atoms with Gasteiger partial charge in [0.05, 0.1) is 17.4 Å². The molecule has 0 bridgehead atoms. The van der Waals surface area contributed by atoms with Crippen LogP contribution in [0.2, 0.25) is 0 Å². The molecule has 1 aromatic carbocycles. The van der Waals surface area contributed by atoms with E-state index in [0.29, 0.717) is 23.4 Å². The van der Waals surface area contributed by atoms with E-state index in [9.17, 15) is 13.2 Å². The molecule has 1 aliphatic rings. The summed E-state index contributed by atoms with van der Waals surface area (Å²) >= 11 is 0. The van der Waals surface area contributed by atoms with Crippen LogP contribution in [0.1, 0.15) is 18.4 Å². The Bertz CT molecular complexity index is 1170. The summed E-state index contributed by atoms with van der Waals surface area (Å²) in [5.41, 5.74) is 1.31. The fourth-order valence-electron chi connectivity index (χ4n) is 3.70. The molecule has 1 unspecified atom stereocenters. The van der Waals surface area contributed by atoms with Crippen molar-refractivity contribution in [3.63, 3.8) is 0 Å². The van der Waals surface area contributed by atoms with E-state index in [1.54, 1.807) is 30.3 Å². The zero-order valence-electron chi connectivity index (χ0n) is 16.8. The number of fused-ring (bicyclic) bond motifs is 1. The molecule has 0 radical (unpaired) electrons. The number of piperidine rings is 1. The van der Waals surface area contributed by atoms with Crippen molar-refractivity contribution in [2.45, 2.75) is 30.7 Å². The zero-order valence-corrected chi connectivity index (χ0v) is 17.6. The Labute approximate surface area is 174 Å². The number of rotatable bonds is 4. The second kappa shape index (κ2) is 7.94. The third kappa shape index (κ3) is 3.70. The molecule has 0 aliphatic carbocycles. The third-order valence-corrected chi connectivity index (χ3v) is 6.91. The largest absolute Gasteiger partial charge is 0.453 e. The fraction of sp³-hybridized carbons (Fsp3) is 0.350. The number of ether oxygens (including phenoxy) is 1. The summed E-state index contributed by atoms with van der Waals surface area (Å²) in [6.45, 7) is 3.21. The molecule has 1 aliphatic heterocycles. The van der Waals surface area contributed by atoms with Crippen LogP contribution < -0.4 is 10.2 Å². The number of anilines is 1. The van der Waals surface area contributed by atoms with E-state index in [-0.39, 0.29) is 10.9 Å². The van der Waals surface area contributed by atoms with E-state index in [1.165, 1.54) is 23.6 Å². The monoisotopic (exact) mass is 429 g/mol. The number of amides is 1. The van der Waals surface area contributed by atoms with Gasteiger partial charge in [0.1, 0.15) is 12.1 Å².